The predicted molar refractivity (Wildman–Crippen MR) is 129 cm³/mol. The van der Waals surface area contributed by atoms with Gasteiger partial charge < -0.3 is 15.0 Å². The van der Waals surface area contributed by atoms with Crippen molar-refractivity contribution in [3.63, 3.8) is 0 Å². The van der Waals surface area contributed by atoms with Crippen LogP contribution in [0.25, 0.3) is 0 Å². The molecule has 30 heavy (non-hydrogen) atoms. The standard InChI is InChI=1S/C26H46N2O2/c1-4-6-8-10-12-14-21-28(22-15-13-11-9-7-5-2)23-20-27-26(29)24-16-18-25(30-3)19-17-24/h16-19H,4-15,20-23H2,1-3H3,(H,27,29). The molecule has 1 amide bonds. The summed E-state index contributed by atoms with van der Waals surface area (Å²) in [5, 5.41) is 3.08. The Balaban J connectivity index is 2.33. The first-order chi connectivity index (χ1) is 14.7. The lowest BCUT2D eigenvalue weighted by Crippen LogP contribution is -2.36. The van der Waals surface area contributed by atoms with Gasteiger partial charge in [0.1, 0.15) is 5.75 Å². The van der Waals surface area contributed by atoms with Crippen LogP contribution in [-0.2, 0) is 0 Å². The monoisotopic (exact) mass is 418 g/mol. The molecule has 1 aromatic carbocycles. The molecule has 0 radical (unpaired) electrons. The summed E-state index contributed by atoms with van der Waals surface area (Å²) in [6.07, 6.45) is 16.0. The zero-order valence-corrected chi connectivity index (χ0v) is 19.9. The van der Waals surface area contributed by atoms with Crippen molar-refractivity contribution in [2.45, 2.75) is 90.9 Å². The molecular weight excluding hydrogens is 372 g/mol. The highest BCUT2D eigenvalue weighted by Gasteiger charge is 2.08. The summed E-state index contributed by atoms with van der Waals surface area (Å²) >= 11 is 0. The van der Waals surface area contributed by atoms with Gasteiger partial charge in [-0.05, 0) is 50.2 Å². The fraction of sp³-hybridized carbons (Fsp3) is 0.731. The molecule has 1 N–H and O–H groups in total. The molecule has 0 bridgehead atoms. The Kier molecular flexibility index (Phi) is 16.1. The maximum Gasteiger partial charge on any atom is 0.251 e. The maximum absolute atomic E-state index is 12.4. The number of nitrogens with zero attached hydrogens (tertiary/aromatic N) is 1. The molecule has 0 fully saturated rings. The molecule has 0 saturated heterocycles. The van der Waals surface area contributed by atoms with Gasteiger partial charge in [-0.1, -0.05) is 78.1 Å². The highest BCUT2D eigenvalue weighted by Crippen LogP contribution is 2.11. The Morgan fingerprint density at radius 3 is 1.77 bits per heavy atom. The highest BCUT2D eigenvalue weighted by molar-refractivity contribution is 5.94. The van der Waals surface area contributed by atoms with Gasteiger partial charge in [-0.25, -0.2) is 0 Å². The third-order valence-corrected chi connectivity index (χ3v) is 5.72. The number of hydrogen-bond donors (Lipinski definition) is 1. The minimum absolute atomic E-state index is 0.00302. The van der Waals surface area contributed by atoms with Gasteiger partial charge in [0.05, 0.1) is 7.11 Å². The van der Waals surface area contributed by atoms with Crippen LogP contribution in [0.4, 0.5) is 0 Å². The highest BCUT2D eigenvalue weighted by atomic mass is 16.5. The van der Waals surface area contributed by atoms with Gasteiger partial charge in [0.25, 0.3) is 5.91 Å². The van der Waals surface area contributed by atoms with E-state index in [0.717, 1.165) is 25.4 Å². The van der Waals surface area contributed by atoms with E-state index in [1.54, 1.807) is 7.11 Å². The first-order valence-corrected chi connectivity index (χ1v) is 12.4. The molecule has 0 spiro atoms. The summed E-state index contributed by atoms with van der Waals surface area (Å²) in [5.74, 6) is 0.771. The second-order valence-corrected chi connectivity index (χ2v) is 8.36. The van der Waals surface area contributed by atoms with Crippen LogP contribution in [0.15, 0.2) is 24.3 Å². The van der Waals surface area contributed by atoms with Crippen molar-refractivity contribution in [1.82, 2.24) is 10.2 Å². The number of hydrogen-bond acceptors (Lipinski definition) is 3. The Bertz CT molecular complexity index is 514. The molecule has 172 valence electrons. The molecule has 0 aliphatic rings. The van der Waals surface area contributed by atoms with Crippen LogP contribution >= 0.6 is 0 Å². The van der Waals surface area contributed by atoms with E-state index in [2.05, 4.69) is 24.1 Å². The van der Waals surface area contributed by atoms with E-state index in [4.69, 9.17) is 4.74 Å². The van der Waals surface area contributed by atoms with Gasteiger partial charge in [-0.3, -0.25) is 4.79 Å². The maximum atomic E-state index is 12.4. The SMILES string of the molecule is CCCCCCCCN(CCCCCCCC)CCNC(=O)c1ccc(OC)cc1. The summed E-state index contributed by atoms with van der Waals surface area (Å²) in [6, 6.07) is 7.30. The van der Waals surface area contributed by atoms with Gasteiger partial charge >= 0.3 is 0 Å². The number of ether oxygens (including phenoxy) is 1. The number of benzene rings is 1. The van der Waals surface area contributed by atoms with Gasteiger partial charge in [-0.2, -0.15) is 0 Å². The second kappa shape index (κ2) is 18.2. The molecule has 0 aliphatic heterocycles. The van der Waals surface area contributed by atoms with Crippen molar-refractivity contribution in [1.29, 1.82) is 0 Å². The number of carbonyl (C=O) groups is 1. The molecule has 1 rings (SSSR count). The van der Waals surface area contributed by atoms with Crippen LogP contribution in [0.1, 0.15) is 101 Å². The van der Waals surface area contributed by atoms with Crippen molar-refractivity contribution < 1.29 is 9.53 Å². The van der Waals surface area contributed by atoms with E-state index in [9.17, 15) is 4.79 Å². The van der Waals surface area contributed by atoms with Crippen LogP contribution < -0.4 is 10.1 Å². The van der Waals surface area contributed by atoms with Crippen LogP contribution in [0.3, 0.4) is 0 Å². The smallest absolute Gasteiger partial charge is 0.251 e. The van der Waals surface area contributed by atoms with Crippen molar-refractivity contribution in [2.75, 3.05) is 33.3 Å². The Morgan fingerprint density at radius 2 is 1.27 bits per heavy atom. The number of amides is 1. The Hall–Kier alpha value is -1.55. The summed E-state index contributed by atoms with van der Waals surface area (Å²) in [6.45, 7) is 8.48. The van der Waals surface area contributed by atoms with Gasteiger partial charge in [0.15, 0.2) is 0 Å². The molecular formula is C26H46N2O2. The van der Waals surface area contributed by atoms with E-state index in [0.29, 0.717) is 12.1 Å². The quantitative estimate of drug-likeness (QED) is 0.263. The van der Waals surface area contributed by atoms with Crippen LogP contribution in [0, 0.1) is 0 Å². The van der Waals surface area contributed by atoms with E-state index < -0.39 is 0 Å². The third-order valence-electron chi connectivity index (χ3n) is 5.72. The van der Waals surface area contributed by atoms with E-state index in [-0.39, 0.29) is 5.91 Å². The second-order valence-electron chi connectivity index (χ2n) is 8.36. The van der Waals surface area contributed by atoms with E-state index in [1.165, 1.54) is 77.0 Å². The number of methoxy groups -OCH3 is 1. The molecule has 0 unspecified atom stereocenters. The molecule has 1 aromatic rings. The van der Waals surface area contributed by atoms with Crippen molar-refractivity contribution in [3.05, 3.63) is 29.8 Å². The average molecular weight is 419 g/mol. The van der Waals surface area contributed by atoms with Gasteiger partial charge in [0, 0.05) is 18.7 Å². The number of rotatable bonds is 19. The third kappa shape index (κ3) is 12.9. The van der Waals surface area contributed by atoms with Crippen molar-refractivity contribution in [2.24, 2.45) is 0 Å². The molecule has 0 aromatic heterocycles. The van der Waals surface area contributed by atoms with E-state index >= 15 is 0 Å². The fourth-order valence-electron chi connectivity index (χ4n) is 3.74. The number of carbonyl (C=O) groups excluding carboxylic acids is 1. The van der Waals surface area contributed by atoms with Crippen LogP contribution in [0.5, 0.6) is 5.75 Å². The van der Waals surface area contributed by atoms with Crippen molar-refractivity contribution >= 4 is 5.91 Å². The first kappa shape index (κ1) is 26.5. The minimum Gasteiger partial charge on any atom is -0.497 e. The molecule has 4 heteroatoms. The Morgan fingerprint density at radius 1 is 0.767 bits per heavy atom. The first-order valence-electron chi connectivity index (χ1n) is 12.4. The lowest BCUT2D eigenvalue weighted by molar-refractivity contribution is 0.0948. The summed E-state index contributed by atoms with van der Waals surface area (Å²) in [7, 11) is 1.64. The zero-order valence-electron chi connectivity index (χ0n) is 19.9. The Labute approximate surface area is 185 Å². The molecule has 0 aliphatic carbocycles. The summed E-state index contributed by atoms with van der Waals surface area (Å²) in [5.41, 5.74) is 0.689. The number of unbranched alkanes of at least 4 members (excludes halogenated alkanes) is 10. The topological polar surface area (TPSA) is 41.6 Å². The van der Waals surface area contributed by atoms with E-state index in [1.807, 2.05) is 24.3 Å². The minimum atomic E-state index is -0.00302. The number of nitrogens with one attached hydrogen (secondary N) is 1. The average Bonchev–Trinajstić information content (AvgIpc) is 2.77. The normalized spacial score (nSPS) is 11.1. The molecule has 0 saturated carbocycles. The molecule has 0 atom stereocenters. The largest absolute Gasteiger partial charge is 0.497 e. The summed E-state index contributed by atoms with van der Waals surface area (Å²) < 4.78 is 5.16. The lowest BCUT2D eigenvalue weighted by Gasteiger charge is -2.22. The van der Waals surface area contributed by atoms with Crippen molar-refractivity contribution in [3.8, 4) is 5.75 Å². The van der Waals surface area contributed by atoms with Crippen LogP contribution in [-0.4, -0.2) is 44.1 Å². The fourth-order valence-corrected chi connectivity index (χ4v) is 3.74. The molecule has 4 nitrogen and oxygen atoms in total. The summed E-state index contributed by atoms with van der Waals surface area (Å²) in [4.78, 5) is 14.9. The molecule has 0 heterocycles. The van der Waals surface area contributed by atoms with Gasteiger partial charge in [-0.15, -0.1) is 0 Å². The zero-order chi connectivity index (χ0) is 21.9. The lowest BCUT2D eigenvalue weighted by atomic mass is 10.1. The van der Waals surface area contributed by atoms with Crippen LogP contribution in [0.2, 0.25) is 0 Å². The van der Waals surface area contributed by atoms with Gasteiger partial charge in [0.2, 0.25) is 0 Å². The predicted octanol–water partition coefficient (Wildman–Crippen LogP) is 6.45.